The summed E-state index contributed by atoms with van der Waals surface area (Å²) in [5, 5.41) is 2.86. The average molecular weight is 531 g/mol. The number of hydrogen-bond acceptors (Lipinski definition) is 7. The van der Waals surface area contributed by atoms with Crippen LogP contribution in [-0.2, 0) is 19.6 Å². The molecule has 9 heteroatoms. The Kier molecular flexibility index (Phi) is 6.67. The van der Waals surface area contributed by atoms with Crippen LogP contribution < -0.4 is 15.0 Å². The molecule has 0 fully saturated rings. The van der Waals surface area contributed by atoms with Crippen LogP contribution in [0.15, 0.2) is 71.6 Å². The number of aryl methyl sites for hydroxylation is 1. The van der Waals surface area contributed by atoms with Crippen molar-refractivity contribution in [2.75, 3.05) is 11.4 Å². The molecule has 0 unspecified atom stereocenters. The summed E-state index contributed by atoms with van der Waals surface area (Å²) >= 11 is 3.44. The number of nitrogens with zero attached hydrogens (tertiary/aromatic N) is 5. The van der Waals surface area contributed by atoms with Gasteiger partial charge in [-0.15, -0.1) is 0 Å². The van der Waals surface area contributed by atoms with Crippen molar-refractivity contribution in [2.24, 2.45) is 0 Å². The molecule has 0 aliphatic carbocycles. The second-order valence-corrected chi connectivity index (χ2v) is 9.08. The summed E-state index contributed by atoms with van der Waals surface area (Å²) in [4.78, 5) is 32.8. The third kappa shape index (κ3) is 5.30. The summed E-state index contributed by atoms with van der Waals surface area (Å²) in [5.74, 6) is 0.392. The highest BCUT2D eigenvalue weighted by molar-refractivity contribution is 9.10. The maximum absolute atomic E-state index is 13.1. The second-order valence-electron chi connectivity index (χ2n) is 8.17. The Labute approximate surface area is 211 Å². The lowest BCUT2D eigenvalue weighted by atomic mass is 10.2. The van der Waals surface area contributed by atoms with Crippen molar-refractivity contribution in [2.45, 2.75) is 26.5 Å². The predicted molar refractivity (Wildman–Crippen MR) is 136 cm³/mol. The Hall–Kier alpha value is -3.85. The van der Waals surface area contributed by atoms with Crippen molar-refractivity contribution in [3.8, 4) is 5.88 Å². The molecule has 0 saturated carbocycles. The van der Waals surface area contributed by atoms with E-state index in [2.05, 4.69) is 53.3 Å². The summed E-state index contributed by atoms with van der Waals surface area (Å²) in [6.45, 7) is 3.13. The molecule has 1 aliphatic rings. The smallest absolute Gasteiger partial charge is 0.258 e. The molecule has 5 rings (SSSR count). The number of nitrogens with one attached hydrogen (secondary N) is 1. The van der Waals surface area contributed by atoms with Crippen LogP contribution in [0.4, 0.5) is 11.6 Å². The van der Waals surface area contributed by atoms with Crippen molar-refractivity contribution in [1.82, 2.24) is 25.3 Å². The number of ether oxygens (including phenoxy) is 1. The Balaban J connectivity index is 1.40. The van der Waals surface area contributed by atoms with Crippen molar-refractivity contribution in [3.05, 3.63) is 99.7 Å². The van der Waals surface area contributed by atoms with Crippen LogP contribution >= 0.6 is 15.9 Å². The van der Waals surface area contributed by atoms with Gasteiger partial charge in [0.15, 0.2) is 0 Å². The molecule has 4 aromatic rings. The molecule has 0 spiro atoms. The molecule has 8 nitrogen and oxygen atoms in total. The monoisotopic (exact) mass is 530 g/mol. The minimum absolute atomic E-state index is 0.231. The Morgan fingerprint density at radius 1 is 1.06 bits per heavy atom. The van der Waals surface area contributed by atoms with Crippen LogP contribution in [0.2, 0.25) is 0 Å². The third-order valence-electron chi connectivity index (χ3n) is 5.67. The van der Waals surface area contributed by atoms with E-state index in [1.54, 1.807) is 12.4 Å². The first-order valence-electron chi connectivity index (χ1n) is 11.2. The number of benzene rings is 2. The minimum atomic E-state index is -0.341. The molecule has 176 valence electrons. The van der Waals surface area contributed by atoms with E-state index in [-0.39, 0.29) is 30.5 Å². The van der Waals surface area contributed by atoms with E-state index in [1.807, 2.05) is 48.2 Å². The van der Waals surface area contributed by atoms with Crippen LogP contribution in [-0.4, -0.2) is 32.4 Å². The van der Waals surface area contributed by atoms with Gasteiger partial charge in [-0.3, -0.25) is 14.8 Å². The lowest BCUT2D eigenvalue weighted by Gasteiger charge is -2.19. The molecule has 0 atom stereocenters. The molecule has 35 heavy (non-hydrogen) atoms. The first kappa shape index (κ1) is 22.9. The lowest BCUT2D eigenvalue weighted by molar-refractivity contribution is 0.0944. The van der Waals surface area contributed by atoms with E-state index < -0.39 is 0 Å². The highest BCUT2D eigenvalue weighted by Crippen LogP contribution is 2.33. The summed E-state index contributed by atoms with van der Waals surface area (Å²) in [7, 11) is 0. The van der Waals surface area contributed by atoms with E-state index in [4.69, 9.17) is 4.74 Å². The van der Waals surface area contributed by atoms with Gasteiger partial charge in [0.1, 0.15) is 12.2 Å². The summed E-state index contributed by atoms with van der Waals surface area (Å²) < 4.78 is 7.04. The molecule has 0 bridgehead atoms. The molecule has 0 saturated heterocycles. The van der Waals surface area contributed by atoms with Gasteiger partial charge in [-0.05, 0) is 42.7 Å². The van der Waals surface area contributed by atoms with Crippen LogP contribution in [0.5, 0.6) is 5.88 Å². The van der Waals surface area contributed by atoms with Crippen LogP contribution in [0.25, 0.3) is 0 Å². The second kappa shape index (κ2) is 10.2. The number of carbonyl (C=O) groups is 1. The zero-order valence-electron chi connectivity index (χ0n) is 19.1. The van der Waals surface area contributed by atoms with Gasteiger partial charge >= 0.3 is 0 Å². The Morgan fingerprint density at radius 2 is 1.89 bits per heavy atom. The van der Waals surface area contributed by atoms with Crippen molar-refractivity contribution < 1.29 is 9.53 Å². The standard InChI is InChI=1S/C26H23BrN6O2/c1-17-12-29-21(13-28-17)14-30-24(34)22-15-31-26(33-11-10-19-4-2-3-5-23(19)33)32-25(22)35-16-18-6-8-20(27)9-7-18/h2-9,12-13,15H,10-11,14,16H2,1H3,(H,30,34). The van der Waals surface area contributed by atoms with Crippen molar-refractivity contribution in [1.29, 1.82) is 0 Å². The van der Waals surface area contributed by atoms with E-state index >= 15 is 0 Å². The first-order chi connectivity index (χ1) is 17.1. The molecule has 1 amide bonds. The highest BCUT2D eigenvalue weighted by Gasteiger charge is 2.24. The Bertz CT molecular complexity index is 1350. The number of halogens is 1. The fraction of sp³-hybridized carbons (Fsp3) is 0.192. The molecule has 2 aromatic carbocycles. The number of amides is 1. The fourth-order valence-electron chi connectivity index (χ4n) is 3.81. The largest absolute Gasteiger partial charge is 0.472 e. The van der Waals surface area contributed by atoms with Crippen LogP contribution in [0.3, 0.4) is 0 Å². The number of anilines is 2. The Morgan fingerprint density at radius 3 is 2.69 bits per heavy atom. The number of carbonyl (C=O) groups excluding carboxylic acids is 1. The maximum Gasteiger partial charge on any atom is 0.258 e. The van der Waals surface area contributed by atoms with Gasteiger partial charge < -0.3 is 15.0 Å². The molecular formula is C26H23BrN6O2. The third-order valence-corrected chi connectivity index (χ3v) is 6.20. The first-order valence-corrected chi connectivity index (χ1v) is 12.0. The normalized spacial score (nSPS) is 12.3. The number of rotatable bonds is 7. The number of fused-ring (bicyclic) bond motifs is 1. The van der Waals surface area contributed by atoms with E-state index in [0.717, 1.165) is 34.4 Å². The predicted octanol–water partition coefficient (Wildman–Crippen LogP) is 4.54. The van der Waals surface area contributed by atoms with Gasteiger partial charge in [-0.1, -0.05) is 46.3 Å². The van der Waals surface area contributed by atoms with E-state index in [0.29, 0.717) is 11.6 Å². The molecule has 2 aromatic heterocycles. The molecule has 1 aliphatic heterocycles. The highest BCUT2D eigenvalue weighted by atomic mass is 79.9. The maximum atomic E-state index is 13.1. The van der Waals surface area contributed by atoms with Gasteiger partial charge in [-0.25, -0.2) is 4.98 Å². The minimum Gasteiger partial charge on any atom is -0.472 e. The number of hydrogen-bond donors (Lipinski definition) is 1. The lowest BCUT2D eigenvalue weighted by Crippen LogP contribution is -2.25. The van der Waals surface area contributed by atoms with E-state index in [9.17, 15) is 4.79 Å². The van der Waals surface area contributed by atoms with Gasteiger partial charge in [0, 0.05) is 29.1 Å². The van der Waals surface area contributed by atoms with E-state index in [1.165, 1.54) is 11.8 Å². The quantitative estimate of drug-likeness (QED) is 0.374. The molecular weight excluding hydrogens is 508 g/mol. The van der Waals surface area contributed by atoms with Gasteiger partial charge in [0.05, 0.1) is 24.1 Å². The SMILES string of the molecule is Cc1cnc(CNC(=O)c2cnc(N3CCc4ccccc43)nc2OCc2ccc(Br)cc2)cn1. The average Bonchev–Trinajstić information content (AvgIpc) is 3.32. The zero-order valence-corrected chi connectivity index (χ0v) is 20.7. The zero-order chi connectivity index (χ0) is 24.2. The molecule has 0 radical (unpaired) electrons. The number of aromatic nitrogens is 4. The van der Waals surface area contributed by atoms with Gasteiger partial charge in [0.2, 0.25) is 11.8 Å². The summed E-state index contributed by atoms with van der Waals surface area (Å²) in [6, 6.07) is 16.0. The van der Waals surface area contributed by atoms with Gasteiger partial charge in [0.25, 0.3) is 5.91 Å². The van der Waals surface area contributed by atoms with Crippen LogP contribution in [0.1, 0.15) is 32.9 Å². The summed E-state index contributed by atoms with van der Waals surface area (Å²) in [6.07, 6.45) is 5.75. The molecule has 3 heterocycles. The molecule has 1 N–H and O–H groups in total. The topological polar surface area (TPSA) is 93.1 Å². The van der Waals surface area contributed by atoms with Crippen molar-refractivity contribution in [3.63, 3.8) is 0 Å². The van der Waals surface area contributed by atoms with Crippen LogP contribution in [0, 0.1) is 6.92 Å². The summed E-state index contributed by atoms with van der Waals surface area (Å²) in [5.41, 5.74) is 5.01. The van der Waals surface area contributed by atoms with Crippen molar-refractivity contribution >= 4 is 33.5 Å². The number of para-hydroxylation sites is 1. The van der Waals surface area contributed by atoms with Gasteiger partial charge in [-0.2, -0.15) is 4.98 Å². The fourth-order valence-corrected chi connectivity index (χ4v) is 4.07.